The molecule has 3 amide bonds. The number of nitrogens with zero attached hydrogens (tertiary/aromatic N) is 4. The van der Waals surface area contributed by atoms with Crippen molar-refractivity contribution in [2.75, 3.05) is 51.7 Å². The van der Waals surface area contributed by atoms with Crippen molar-refractivity contribution in [1.82, 2.24) is 14.8 Å². The maximum Gasteiger partial charge on any atom is 0.342 e. The van der Waals surface area contributed by atoms with Crippen LogP contribution in [0.1, 0.15) is 44.6 Å². The standard InChI is InChI=1S/C25H35N5O4/c1-3-34-21(31)17-30-25(33)26-20-12-8-7-11-19(20)23(27-30)22(18-9-5-4-6-10-18)24(32)29-15-13-28(2)14-16-29/h7-8,11-12,18,22H,3-6,9-10,13-17H2,1-2H3,(H,26,33). The third-order valence-electron chi connectivity index (χ3n) is 6.99. The highest BCUT2D eigenvalue weighted by Gasteiger charge is 2.40. The SMILES string of the molecule is CCOC(=O)CN1N=C(C(C(=O)N2CCN(C)CC2)C2CCCCC2)c2ccccc2NC1=O. The Morgan fingerprint density at radius 1 is 1.12 bits per heavy atom. The number of hydrazone groups is 1. The number of urea groups is 1. The second kappa shape index (κ2) is 11.0. The molecule has 1 N–H and O–H groups in total. The molecular formula is C25H35N5O4. The average molecular weight is 470 g/mol. The van der Waals surface area contributed by atoms with E-state index in [1.807, 2.05) is 29.2 Å². The van der Waals surface area contributed by atoms with Gasteiger partial charge in [0.25, 0.3) is 0 Å². The van der Waals surface area contributed by atoms with Gasteiger partial charge in [-0.25, -0.2) is 9.80 Å². The lowest BCUT2D eigenvalue weighted by molar-refractivity contribution is -0.143. The molecule has 1 unspecified atom stereocenters. The summed E-state index contributed by atoms with van der Waals surface area (Å²) in [6, 6.07) is 6.93. The number of hydrogen-bond acceptors (Lipinski definition) is 6. The Morgan fingerprint density at radius 2 is 1.82 bits per heavy atom. The zero-order chi connectivity index (χ0) is 24.1. The van der Waals surface area contributed by atoms with Crippen LogP contribution in [0.3, 0.4) is 0 Å². The Labute approximate surface area is 201 Å². The van der Waals surface area contributed by atoms with Crippen LogP contribution in [-0.4, -0.2) is 84.8 Å². The lowest BCUT2D eigenvalue weighted by Crippen LogP contribution is -2.51. The van der Waals surface area contributed by atoms with Crippen molar-refractivity contribution < 1.29 is 19.1 Å². The van der Waals surface area contributed by atoms with Gasteiger partial charge in [-0.05, 0) is 38.8 Å². The summed E-state index contributed by atoms with van der Waals surface area (Å²) < 4.78 is 5.07. The number of likely N-dealkylation sites (N-methyl/N-ethyl adjacent to an activating group) is 1. The normalized spacial score (nSPS) is 20.6. The van der Waals surface area contributed by atoms with Crippen molar-refractivity contribution in [3.8, 4) is 0 Å². The number of hydrogen-bond donors (Lipinski definition) is 1. The first kappa shape index (κ1) is 24.2. The van der Waals surface area contributed by atoms with E-state index in [4.69, 9.17) is 9.84 Å². The van der Waals surface area contributed by atoms with Gasteiger partial charge in [0.2, 0.25) is 5.91 Å². The van der Waals surface area contributed by atoms with Crippen LogP contribution >= 0.6 is 0 Å². The van der Waals surface area contributed by atoms with Gasteiger partial charge in [0.05, 0.1) is 23.9 Å². The summed E-state index contributed by atoms with van der Waals surface area (Å²) >= 11 is 0. The summed E-state index contributed by atoms with van der Waals surface area (Å²) in [5.74, 6) is -0.794. The van der Waals surface area contributed by atoms with Crippen molar-refractivity contribution in [1.29, 1.82) is 0 Å². The summed E-state index contributed by atoms with van der Waals surface area (Å²) in [4.78, 5) is 43.4. The van der Waals surface area contributed by atoms with Crippen LogP contribution in [0.15, 0.2) is 29.4 Å². The quantitative estimate of drug-likeness (QED) is 0.647. The number of nitrogens with one attached hydrogen (secondary N) is 1. The van der Waals surface area contributed by atoms with Crippen LogP contribution in [0.2, 0.25) is 0 Å². The van der Waals surface area contributed by atoms with Crippen LogP contribution in [0, 0.1) is 11.8 Å². The van der Waals surface area contributed by atoms with Gasteiger partial charge in [0.15, 0.2) is 0 Å². The molecule has 3 aliphatic rings. The first-order chi connectivity index (χ1) is 16.5. The fourth-order valence-electron chi connectivity index (χ4n) is 5.12. The molecular weight excluding hydrogens is 434 g/mol. The Bertz CT molecular complexity index is 935. The molecule has 9 nitrogen and oxygen atoms in total. The van der Waals surface area contributed by atoms with Gasteiger partial charge in [-0.1, -0.05) is 37.5 Å². The van der Waals surface area contributed by atoms with Gasteiger partial charge in [-0.3, -0.25) is 9.59 Å². The molecule has 2 aliphatic heterocycles. The van der Waals surface area contributed by atoms with E-state index in [9.17, 15) is 14.4 Å². The number of fused-ring (bicyclic) bond motifs is 1. The number of carbonyl (C=O) groups is 3. The number of piperazine rings is 1. The van der Waals surface area contributed by atoms with Crippen LogP contribution < -0.4 is 5.32 Å². The number of rotatable bonds is 6. The molecule has 1 aliphatic carbocycles. The number of amides is 3. The fourth-order valence-corrected chi connectivity index (χ4v) is 5.12. The summed E-state index contributed by atoms with van der Waals surface area (Å²) in [5, 5.41) is 8.68. The van der Waals surface area contributed by atoms with E-state index < -0.39 is 17.9 Å². The molecule has 0 radical (unpaired) electrons. The number of esters is 1. The van der Waals surface area contributed by atoms with E-state index in [0.717, 1.165) is 49.3 Å². The minimum atomic E-state index is -0.536. The molecule has 0 spiro atoms. The van der Waals surface area contributed by atoms with Gasteiger partial charge in [0.1, 0.15) is 6.54 Å². The van der Waals surface area contributed by atoms with Crippen molar-refractivity contribution >= 4 is 29.3 Å². The molecule has 1 atom stereocenters. The van der Waals surface area contributed by atoms with E-state index in [1.54, 1.807) is 6.92 Å². The largest absolute Gasteiger partial charge is 0.465 e. The topological polar surface area (TPSA) is 94.6 Å². The lowest BCUT2D eigenvalue weighted by atomic mass is 9.75. The number of carbonyl (C=O) groups excluding carboxylic acids is 3. The van der Waals surface area contributed by atoms with Crippen molar-refractivity contribution in [2.45, 2.75) is 39.0 Å². The molecule has 1 saturated carbocycles. The predicted octanol–water partition coefficient (Wildman–Crippen LogP) is 2.77. The third-order valence-corrected chi connectivity index (χ3v) is 6.99. The summed E-state index contributed by atoms with van der Waals surface area (Å²) in [7, 11) is 2.07. The number of ether oxygens (including phenoxy) is 1. The summed E-state index contributed by atoms with van der Waals surface area (Å²) in [6.45, 7) is 4.66. The van der Waals surface area contributed by atoms with Gasteiger partial charge < -0.3 is 19.9 Å². The van der Waals surface area contributed by atoms with Gasteiger partial charge >= 0.3 is 12.0 Å². The summed E-state index contributed by atoms with van der Waals surface area (Å²) in [5.41, 5.74) is 1.90. The number of para-hydroxylation sites is 1. The zero-order valence-electron chi connectivity index (χ0n) is 20.2. The molecule has 2 heterocycles. The molecule has 9 heteroatoms. The number of benzene rings is 1. The highest BCUT2D eigenvalue weighted by molar-refractivity contribution is 6.18. The molecule has 1 aromatic rings. The molecule has 34 heavy (non-hydrogen) atoms. The molecule has 4 rings (SSSR count). The highest BCUT2D eigenvalue weighted by Crippen LogP contribution is 2.36. The Morgan fingerprint density at radius 3 is 2.53 bits per heavy atom. The van der Waals surface area contributed by atoms with Gasteiger partial charge in [-0.15, -0.1) is 0 Å². The van der Waals surface area contributed by atoms with Crippen LogP contribution in [-0.2, 0) is 14.3 Å². The van der Waals surface area contributed by atoms with E-state index in [-0.39, 0.29) is 25.0 Å². The Hall–Kier alpha value is -2.94. The van der Waals surface area contributed by atoms with Crippen LogP contribution in [0.5, 0.6) is 0 Å². The molecule has 0 aromatic heterocycles. The number of anilines is 1. The smallest absolute Gasteiger partial charge is 0.342 e. The van der Waals surface area contributed by atoms with Crippen molar-refractivity contribution in [3.63, 3.8) is 0 Å². The van der Waals surface area contributed by atoms with Gasteiger partial charge in [0, 0.05) is 31.7 Å². The van der Waals surface area contributed by atoms with E-state index in [1.165, 1.54) is 6.42 Å². The first-order valence-corrected chi connectivity index (χ1v) is 12.4. The van der Waals surface area contributed by atoms with E-state index >= 15 is 0 Å². The van der Waals surface area contributed by atoms with Gasteiger partial charge in [-0.2, -0.15) is 5.10 Å². The molecule has 184 valence electrons. The summed E-state index contributed by atoms with van der Waals surface area (Å²) in [6.07, 6.45) is 5.23. The highest BCUT2D eigenvalue weighted by atomic mass is 16.5. The molecule has 1 aromatic carbocycles. The Balaban J connectivity index is 1.75. The minimum absolute atomic E-state index is 0.0685. The third kappa shape index (κ3) is 5.41. The van der Waals surface area contributed by atoms with Crippen LogP contribution in [0.25, 0.3) is 0 Å². The van der Waals surface area contributed by atoms with E-state index in [0.29, 0.717) is 24.5 Å². The molecule has 1 saturated heterocycles. The van der Waals surface area contributed by atoms with Crippen molar-refractivity contribution in [3.05, 3.63) is 29.8 Å². The predicted molar refractivity (Wildman–Crippen MR) is 129 cm³/mol. The molecule has 0 bridgehead atoms. The second-order valence-corrected chi connectivity index (χ2v) is 9.33. The maximum absolute atomic E-state index is 14.0. The first-order valence-electron chi connectivity index (χ1n) is 12.4. The zero-order valence-corrected chi connectivity index (χ0v) is 20.2. The maximum atomic E-state index is 14.0. The fraction of sp³-hybridized carbons (Fsp3) is 0.600. The molecule has 2 fully saturated rings. The van der Waals surface area contributed by atoms with Crippen molar-refractivity contribution in [2.24, 2.45) is 16.9 Å². The second-order valence-electron chi connectivity index (χ2n) is 9.33. The minimum Gasteiger partial charge on any atom is -0.465 e. The average Bonchev–Trinajstić information content (AvgIpc) is 2.97. The monoisotopic (exact) mass is 469 g/mol. The lowest BCUT2D eigenvalue weighted by Gasteiger charge is -2.38. The van der Waals surface area contributed by atoms with Crippen LogP contribution in [0.4, 0.5) is 10.5 Å². The van der Waals surface area contributed by atoms with E-state index in [2.05, 4.69) is 17.3 Å². The Kier molecular flexibility index (Phi) is 7.82.